The fourth-order valence-electron chi connectivity index (χ4n) is 0.977. The molecule has 0 bridgehead atoms. The maximum Gasteiger partial charge on any atom is 0.434 e. The smallest absolute Gasteiger partial charge is 0.434 e. The number of aromatic nitrogens is 1. The first kappa shape index (κ1) is 16.0. The summed E-state index contributed by atoms with van der Waals surface area (Å²) in [5, 5.41) is -0.856. The molecule has 19 heavy (non-hydrogen) atoms. The zero-order chi connectivity index (χ0) is 15.0. The van der Waals surface area contributed by atoms with Crippen molar-refractivity contribution >= 4 is 29.0 Å². The molecule has 0 aliphatic carbocycles. The first-order valence-electron chi connectivity index (χ1n) is 4.34. The highest BCUT2D eigenvalue weighted by atomic mass is 35.5. The Bertz CT molecular complexity index is 462. The topological polar surface area (TPSA) is 48.1 Å². The number of hydrogen-bond acceptors (Lipinski definition) is 3. The van der Waals surface area contributed by atoms with E-state index in [0.717, 1.165) is 6.07 Å². The number of nitrogens with zero attached hydrogens (tertiary/aromatic N) is 1. The lowest BCUT2D eigenvalue weighted by molar-refractivity contribution is -0.300. The Labute approximate surface area is 112 Å². The lowest BCUT2D eigenvalue weighted by Crippen LogP contribution is -2.46. The summed E-state index contributed by atoms with van der Waals surface area (Å²) in [4.78, 5) is 3.13. The van der Waals surface area contributed by atoms with E-state index in [1.165, 1.54) is 0 Å². The number of hydrogen-bond donors (Lipinski definition) is 1. The fourth-order valence-corrected chi connectivity index (χ4v) is 1.38. The molecule has 1 rings (SSSR count). The molecule has 2 N–H and O–H groups in total. The zero-order valence-corrected chi connectivity index (χ0v) is 10.1. The summed E-state index contributed by atoms with van der Waals surface area (Å²) in [7, 11) is 0. The molecule has 0 aromatic carbocycles. The van der Waals surface area contributed by atoms with Gasteiger partial charge in [-0.05, 0) is 6.07 Å². The van der Waals surface area contributed by atoms with Crippen LogP contribution >= 0.6 is 23.2 Å². The van der Waals surface area contributed by atoms with Crippen LogP contribution in [0.25, 0.3) is 0 Å². The van der Waals surface area contributed by atoms with E-state index >= 15 is 0 Å². The third-order valence-electron chi connectivity index (χ3n) is 1.75. The Morgan fingerprint density at radius 1 is 1.05 bits per heavy atom. The summed E-state index contributed by atoms with van der Waals surface area (Å²) in [6.07, 6.45) is -15.4. The molecule has 0 saturated heterocycles. The quantitative estimate of drug-likeness (QED) is 0.839. The molecule has 1 aromatic heterocycles. The zero-order valence-electron chi connectivity index (χ0n) is 8.61. The summed E-state index contributed by atoms with van der Waals surface area (Å²) in [6.45, 7) is 0. The summed E-state index contributed by atoms with van der Waals surface area (Å²) in [6, 6.07) is 0.824. The largest absolute Gasteiger partial charge is 0.454 e. The highest BCUT2D eigenvalue weighted by Gasteiger charge is 2.59. The van der Waals surface area contributed by atoms with Gasteiger partial charge < -0.3 is 10.5 Å². The minimum absolute atomic E-state index is 0.229. The van der Waals surface area contributed by atoms with E-state index in [-0.39, 0.29) is 5.02 Å². The van der Waals surface area contributed by atoms with E-state index in [4.69, 9.17) is 28.9 Å². The van der Waals surface area contributed by atoms with Gasteiger partial charge in [-0.1, -0.05) is 23.2 Å². The predicted molar refractivity (Wildman–Crippen MR) is 55.2 cm³/mol. The molecule has 108 valence electrons. The molecule has 0 aliphatic heterocycles. The average Bonchev–Trinajstić information content (AvgIpc) is 2.17. The number of alkyl halides is 6. The standard InChI is InChI=1S/C8H4Cl2F6N2O/c9-2-1-3(10)5(18-4(2)17)19-6(7(11,12)13)8(14,15)16/h1,6H,(H2,17,18). The SMILES string of the molecule is Nc1nc(OC(C(F)(F)F)C(F)(F)F)c(Cl)cc1Cl. The molecular weight excluding hydrogens is 325 g/mol. The summed E-state index contributed by atoms with van der Waals surface area (Å²) >= 11 is 10.8. The molecule has 0 spiro atoms. The Balaban J connectivity index is 3.15. The van der Waals surface area contributed by atoms with Gasteiger partial charge in [-0.2, -0.15) is 31.3 Å². The van der Waals surface area contributed by atoms with Crippen LogP contribution < -0.4 is 10.5 Å². The molecule has 0 aliphatic rings. The number of rotatable bonds is 2. The second-order valence-electron chi connectivity index (χ2n) is 3.22. The van der Waals surface area contributed by atoms with Crippen molar-refractivity contribution < 1.29 is 31.1 Å². The van der Waals surface area contributed by atoms with Crippen molar-refractivity contribution in [1.82, 2.24) is 4.98 Å². The summed E-state index contributed by atoms with van der Waals surface area (Å²) < 4.78 is 77.2. The Kier molecular flexibility index (Phi) is 4.30. The fraction of sp³-hybridized carbons (Fsp3) is 0.375. The lowest BCUT2D eigenvalue weighted by Gasteiger charge is -2.23. The van der Waals surface area contributed by atoms with Crippen LogP contribution in [0.5, 0.6) is 5.88 Å². The molecule has 0 unspecified atom stereocenters. The van der Waals surface area contributed by atoms with Crippen molar-refractivity contribution in [1.29, 1.82) is 0 Å². The van der Waals surface area contributed by atoms with Crippen molar-refractivity contribution in [2.24, 2.45) is 0 Å². The number of pyridine rings is 1. The van der Waals surface area contributed by atoms with E-state index in [1.807, 2.05) is 0 Å². The van der Waals surface area contributed by atoms with E-state index in [2.05, 4.69) is 9.72 Å². The Morgan fingerprint density at radius 2 is 1.53 bits per heavy atom. The first-order valence-corrected chi connectivity index (χ1v) is 5.10. The minimum Gasteiger partial charge on any atom is -0.454 e. The Morgan fingerprint density at radius 3 is 1.95 bits per heavy atom. The monoisotopic (exact) mass is 328 g/mol. The summed E-state index contributed by atoms with van der Waals surface area (Å²) in [5.41, 5.74) is 5.14. The van der Waals surface area contributed by atoms with Gasteiger partial charge in [-0.3, -0.25) is 0 Å². The Hall–Kier alpha value is -1.09. The van der Waals surface area contributed by atoms with Crippen LogP contribution in [-0.4, -0.2) is 23.4 Å². The van der Waals surface area contributed by atoms with Gasteiger partial charge in [0.1, 0.15) is 10.8 Å². The third kappa shape index (κ3) is 3.93. The van der Waals surface area contributed by atoms with Gasteiger partial charge in [0.2, 0.25) is 5.88 Å². The third-order valence-corrected chi connectivity index (χ3v) is 2.32. The van der Waals surface area contributed by atoms with Gasteiger partial charge in [0, 0.05) is 0 Å². The van der Waals surface area contributed by atoms with Crippen LogP contribution in [0.4, 0.5) is 32.2 Å². The lowest BCUT2D eigenvalue weighted by atomic mass is 10.3. The first-order chi connectivity index (χ1) is 8.43. The van der Waals surface area contributed by atoms with Crippen molar-refractivity contribution in [3.63, 3.8) is 0 Å². The number of halogens is 8. The van der Waals surface area contributed by atoms with Gasteiger partial charge in [0.25, 0.3) is 6.10 Å². The van der Waals surface area contributed by atoms with Gasteiger partial charge in [0.05, 0.1) is 5.02 Å². The summed E-state index contributed by atoms with van der Waals surface area (Å²) in [5.74, 6) is -1.62. The maximum atomic E-state index is 12.2. The molecule has 1 aromatic rings. The highest BCUT2D eigenvalue weighted by molar-refractivity contribution is 6.36. The molecule has 0 fully saturated rings. The molecule has 1 heterocycles. The molecule has 0 amide bonds. The maximum absolute atomic E-state index is 12.2. The molecule has 0 saturated carbocycles. The number of nitrogen functional groups attached to an aromatic ring is 1. The number of nitrogens with two attached hydrogens (primary N) is 1. The van der Waals surface area contributed by atoms with E-state index in [0.29, 0.717) is 0 Å². The van der Waals surface area contributed by atoms with Gasteiger partial charge >= 0.3 is 12.4 Å². The number of anilines is 1. The number of ether oxygens (including phenoxy) is 1. The van der Waals surface area contributed by atoms with E-state index in [1.54, 1.807) is 0 Å². The molecule has 3 nitrogen and oxygen atoms in total. The second-order valence-corrected chi connectivity index (χ2v) is 4.04. The second kappa shape index (κ2) is 5.12. The normalized spacial score (nSPS) is 12.9. The van der Waals surface area contributed by atoms with E-state index < -0.39 is 35.2 Å². The van der Waals surface area contributed by atoms with Crippen LogP contribution in [0, 0.1) is 0 Å². The van der Waals surface area contributed by atoms with Crippen LogP contribution in [-0.2, 0) is 0 Å². The van der Waals surface area contributed by atoms with Crippen LogP contribution in [0.1, 0.15) is 0 Å². The highest BCUT2D eigenvalue weighted by Crippen LogP contribution is 2.38. The predicted octanol–water partition coefficient (Wildman–Crippen LogP) is 3.84. The van der Waals surface area contributed by atoms with Crippen molar-refractivity contribution in [3.8, 4) is 5.88 Å². The molecule has 11 heteroatoms. The van der Waals surface area contributed by atoms with Gasteiger partial charge in [-0.15, -0.1) is 0 Å². The molecule has 0 atom stereocenters. The molecular formula is C8H4Cl2F6N2O. The van der Waals surface area contributed by atoms with Crippen LogP contribution in [0.3, 0.4) is 0 Å². The average molecular weight is 329 g/mol. The minimum atomic E-state index is -5.68. The molecule has 0 radical (unpaired) electrons. The van der Waals surface area contributed by atoms with Crippen molar-refractivity contribution in [2.75, 3.05) is 5.73 Å². The van der Waals surface area contributed by atoms with Gasteiger partial charge in [0.15, 0.2) is 0 Å². The van der Waals surface area contributed by atoms with Crippen molar-refractivity contribution in [3.05, 3.63) is 16.1 Å². The van der Waals surface area contributed by atoms with E-state index in [9.17, 15) is 26.3 Å². The van der Waals surface area contributed by atoms with Gasteiger partial charge in [-0.25, -0.2) is 0 Å². The van der Waals surface area contributed by atoms with Crippen LogP contribution in [0.2, 0.25) is 10.0 Å². The van der Waals surface area contributed by atoms with Crippen molar-refractivity contribution in [2.45, 2.75) is 18.5 Å². The van der Waals surface area contributed by atoms with Crippen LogP contribution in [0.15, 0.2) is 6.07 Å².